The number of esters is 1. The quantitative estimate of drug-likeness (QED) is 0.449. The summed E-state index contributed by atoms with van der Waals surface area (Å²) in [4.78, 5) is 36.2. The number of carbonyl (C=O) groups is 3. The van der Waals surface area contributed by atoms with Crippen LogP contribution in [0.4, 0.5) is 5.69 Å². The van der Waals surface area contributed by atoms with Gasteiger partial charge in [0.1, 0.15) is 12.3 Å². The van der Waals surface area contributed by atoms with Crippen molar-refractivity contribution in [3.05, 3.63) is 107 Å². The number of para-hydroxylation sites is 1. The number of amides is 2. The van der Waals surface area contributed by atoms with Gasteiger partial charge in [0.2, 0.25) is 5.91 Å². The van der Waals surface area contributed by atoms with Crippen LogP contribution in [0.3, 0.4) is 0 Å². The van der Waals surface area contributed by atoms with Crippen molar-refractivity contribution in [3.8, 4) is 0 Å². The Bertz CT molecular complexity index is 1080. The lowest BCUT2D eigenvalue weighted by Gasteiger charge is -2.10. The molecule has 0 aliphatic carbocycles. The fourth-order valence-corrected chi connectivity index (χ4v) is 2.76. The Morgan fingerprint density at radius 3 is 2.06 bits per heavy atom. The van der Waals surface area contributed by atoms with Crippen LogP contribution in [0.2, 0.25) is 0 Å². The van der Waals surface area contributed by atoms with Gasteiger partial charge in [0.15, 0.2) is 0 Å². The van der Waals surface area contributed by atoms with E-state index in [9.17, 15) is 14.4 Å². The van der Waals surface area contributed by atoms with Crippen molar-refractivity contribution in [1.82, 2.24) is 5.32 Å². The van der Waals surface area contributed by atoms with Gasteiger partial charge in [0.05, 0.1) is 0 Å². The summed E-state index contributed by atoms with van der Waals surface area (Å²) >= 11 is 0. The lowest BCUT2D eigenvalue weighted by Crippen LogP contribution is -2.26. The smallest absolute Gasteiger partial charge is 0.355 e. The second-order valence-electron chi connectivity index (χ2n) is 6.74. The zero-order valence-corrected chi connectivity index (χ0v) is 17.0. The van der Waals surface area contributed by atoms with E-state index in [1.165, 1.54) is 6.92 Å². The van der Waals surface area contributed by atoms with Crippen molar-refractivity contribution in [3.63, 3.8) is 0 Å². The molecule has 0 saturated heterocycles. The molecular formula is C25H22N2O4. The maximum Gasteiger partial charge on any atom is 0.355 e. The minimum absolute atomic E-state index is 0.00509. The third kappa shape index (κ3) is 6.68. The van der Waals surface area contributed by atoms with Crippen molar-refractivity contribution < 1.29 is 19.1 Å². The first-order valence-corrected chi connectivity index (χ1v) is 9.68. The van der Waals surface area contributed by atoms with Gasteiger partial charge in [-0.2, -0.15) is 0 Å². The van der Waals surface area contributed by atoms with Crippen LogP contribution < -0.4 is 10.6 Å². The highest BCUT2D eigenvalue weighted by Crippen LogP contribution is 2.12. The van der Waals surface area contributed by atoms with Crippen LogP contribution >= 0.6 is 0 Å². The topological polar surface area (TPSA) is 84.5 Å². The molecule has 156 valence electrons. The van der Waals surface area contributed by atoms with E-state index in [4.69, 9.17) is 4.74 Å². The largest absolute Gasteiger partial charge is 0.456 e. The number of carbonyl (C=O) groups excluding carboxylic acids is 3. The molecule has 0 aliphatic heterocycles. The molecule has 3 aromatic rings. The zero-order valence-electron chi connectivity index (χ0n) is 17.0. The Morgan fingerprint density at radius 2 is 1.45 bits per heavy atom. The molecule has 0 radical (unpaired) electrons. The highest BCUT2D eigenvalue weighted by molar-refractivity contribution is 6.04. The van der Waals surface area contributed by atoms with Gasteiger partial charge in [-0.3, -0.25) is 9.59 Å². The minimum atomic E-state index is -0.648. The molecule has 0 aliphatic rings. The highest BCUT2D eigenvalue weighted by Gasteiger charge is 2.13. The lowest BCUT2D eigenvalue weighted by molar-refractivity contribution is -0.141. The molecule has 0 aromatic heterocycles. The summed E-state index contributed by atoms with van der Waals surface area (Å²) < 4.78 is 5.34. The molecule has 0 unspecified atom stereocenters. The van der Waals surface area contributed by atoms with Crippen molar-refractivity contribution >= 4 is 29.5 Å². The average molecular weight is 414 g/mol. The van der Waals surface area contributed by atoms with Crippen molar-refractivity contribution in [2.24, 2.45) is 0 Å². The molecule has 31 heavy (non-hydrogen) atoms. The fourth-order valence-electron chi connectivity index (χ4n) is 2.76. The maximum absolute atomic E-state index is 12.5. The van der Waals surface area contributed by atoms with Gasteiger partial charge in [-0.15, -0.1) is 0 Å². The molecule has 3 rings (SSSR count). The first-order chi connectivity index (χ1) is 15.0. The molecule has 3 aromatic carbocycles. The van der Waals surface area contributed by atoms with Gasteiger partial charge in [0, 0.05) is 18.2 Å². The molecule has 0 bridgehead atoms. The van der Waals surface area contributed by atoms with Crippen LogP contribution in [0, 0.1) is 0 Å². The molecular weight excluding hydrogens is 392 g/mol. The Balaban J connectivity index is 1.61. The molecule has 0 spiro atoms. The van der Waals surface area contributed by atoms with Crippen molar-refractivity contribution in [2.45, 2.75) is 13.5 Å². The SMILES string of the molecule is CC(=O)N/C(=C\c1ccccc1)C(=O)OCc1ccc(C(=O)Nc2ccccc2)cc1. The summed E-state index contributed by atoms with van der Waals surface area (Å²) in [5.41, 5.74) is 2.73. The molecule has 2 amide bonds. The number of hydrogen-bond donors (Lipinski definition) is 2. The van der Waals surface area contributed by atoms with E-state index in [0.717, 1.165) is 5.56 Å². The van der Waals surface area contributed by atoms with Gasteiger partial charge in [0.25, 0.3) is 5.91 Å². The Labute approximate surface area is 180 Å². The number of benzene rings is 3. The van der Waals surface area contributed by atoms with Gasteiger partial charge in [-0.25, -0.2) is 4.79 Å². The lowest BCUT2D eigenvalue weighted by atomic mass is 10.1. The predicted octanol–water partition coefficient (Wildman–Crippen LogP) is 4.16. The minimum Gasteiger partial charge on any atom is -0.456 e. The van der Waals surface area contributed by atoms with Gasteiger partial charge in [-0.05, 0) is 41.5 Å². The second-order valence-corrected chi connectivity index (χ2v) is 6.74. The van der Waals surface area contributed by atoms with Crippen LogP contribution in [0.5, 0.6) is 0 Å². The van der Waals surface area contributed by atoms with E-state index >= 15 is 0 Å². The summed E-state index contributed by atoms with van der Waals surface area (Å²) in [6.07, 6.45) is 1.56. The van der Waals surface area contributed by atoms with Crippen molar-refractivity contribution in [2.75, 3.05) is 5.32 Å². The molecule has 0 atom stereocenters. The third-order valence-electron chi connectivity index (χ3n) is 4.26. The molecule has 0 heterocycles. The van der Waals surface area contributed by atoms with E-state index in [2.05, 4.69) is 10.6 Å². The first kappa shape index (κ1) is 21.5. The molecule has 2 N–H and O–H groups in total. The van der Waals surface area contributed by atoms with Gasteiger partial charge >= 0.3 is 5.97 Å². The standard InChI is InChI=1S/C25H22N2O4/c1-18(28)26-23(16-19-8-4-2-5-9-19)25(30)31-17-20-12-14-21(15-13-20)24(29)27-22-10-6-3-7-11-22/h2-16H,17H2,1H3,(H,26,28)(H,27,29)/b23-16-. The Kier molecular flexibility index (Phi) is 7.32. The van der Waals surface area contributed by atoms with Crippen LogP contribution in [0.1, 0.15) is 28.4 Å². The fraction of sp³-hybridized carbons (Fsp3) is 0.0800. The van der Waals surface area contributed by atoms with Crippen LogP contribution in [-0.4, -0.2) is 17.8 Å². The van der Waals surface area contributed by atoms with Crippen molar-refractivity contribution in [1.29, 1.82) is 0 Å². The number of ether oxygens (including phenoxy) is 1. The first-order valence-electron chi connectivity index (χ1n) is 9.68. The number of hydrogen-bond acceptors (Lipinski definition) is 4. The summed E-state index contributed by atoms with van der Waals surface area (Å²) in [5, 5.41) is 5.32. The average Bonchev–Trinajstić information content (AvgIpc) is 2.78. The number of nitrogens with one attached hydrogen (secondary N) is 2. The van der Waals surface area contributed by atoms with E-state index in [1.54, 1.807) is 42.5 Å². The van der Waals surface area contributed by atoms with Gasteiger partial charge < -0.3 is 15.4 Å². The Hall–Kier alpha value is -4.19. The number of anilines is 1. The monoisotopic (exact) mass is 414 g/mol. The molecule has 6 nitrogen and oxygen atoms in total. The number of rotatable bonds is 7. The summed E-state index contributed by atoms with van der Waals surface area (Å²) in [6, 6.07) is 25.1. The van der Waals surface area contributed by atoms with E-state index in [-0.39, 0.29) is 24.1 Å². The van der Waals surface area contributed by atoms with Crippen LogP contribution in [0.25, 0.3) is 6.08 Å². The summed E-state index contributed by atoms with van der Waals surface area (Å²) in [6.45, 7) is 1.33. The highest BCUT2D eigenvalue weighted by atomic mass is 16.5. The normalized spacial score (nSPS) is 10.8. The Morgan fingerprint density at radius 1 is 0.839 bits per heavy atom. The maximum atomic E-state index is 12.5. The van der Waals surface area contributed by atoms with E-state index in [1.807, 2.05) is 48.5 Å². The summed E-state index contributed by atoms with van der Waals surface area (Å²) in [5.74, 6) is -1.24. The third-order valence-corrected chi connectivity index (χ3v) is 4.26. The summed E-state index contributed by atoms with van der Waals surface area (Å²) in [7, 11) is 0. The van der Waals surface area contributed by atoms with E-state index < -0.39 is 5.97 Å². The molecule has 0 fully saturated rings. The van der Waals surface area contributed by atoms with Crippen LogP contribution in [-0.2, 0) is 20.9 Å². The molecule has 6 heteroatoms. The van der Waals surface area contributed by atoms with Gasteiger partial charge in [-0.1, -0.05) is 60.7 Å². The van der Waals surface area contributed by atoms with E-state index in [0.29, 0.717) is 16.8 Å². The zero-order chi connectivity index (χ0) is 22.1. The predicted molar refractivity (Wildman–Crippen MR) is 119 cm³/mol. The van der Waals surface area contributed by atoms with Crippen LogP contribution in [0.15, 0.2) is 90.6 Å². The molecule has 0 saturated carbocycles. The second kappa shape index (κ2) is 10.5.